The van der Waals surface area contributed by atoms with Gasteiger partial charge in [0.05, 0.1) is 5.92 Å². The van der Waals surface area contributed by atoms with Crippen molar-refractivity contribution in [2.45, 2.75) is 20.3 Å². The normalized spacial score (nSPS) is 12.7. The molecule has 3 heteroatoms. The molecule has 0 aliphatic heterocycles. The van der Waals surface area contributed by atoms with Crippen LogP contribution in [-0.4, -0.2) is 11.7 Å². The number of primary amides is 1. The van der Waals surface area contributed by atoms with E-state index in [4.69, 9.17) is 5.73 Å². The first-order valence-electron chi connectivity index (χ1n) is 2.89. The monoisotopic (exact) mass is 129 g/mol. The molecular weight excluding hydrogens is 118 g/mol. The highest BCUT2D eigenvalue weighted by atomic mass is 16.2. The molecule has 0 rings (SSSR count). The summed E-state index contributed by atoms with van der Waals surface area (Å²) in [5, 5.41) is 0. The van der Waals surface area contributed by atoms with E-state index in [-0.39, 0.29) is 5.78 Å². The Labute approximate surface area is 54.2 Å². The Hall–Kier alpha value is -0.860. The zero-order chi connectivity index (χ0) is 7.44. The highest BCUT2D eigenvalue weighted by Crippen LogP contribution is 2.01. The molecule has 0 aromatic rings. The summed E-state index contributed by atoms with van der Waals surface area (Å²) in [7, 11) is 0. The molecule has 0 aliphatic rings. The van der Waals surface area contributed by atoms with Crippen molar-refractivity contribution < 1.29 is 9.59 Å². The van der Waals surface area contributed by atoms with E-state index in [0.717, 1.165) is 0 Å². The van der Waals surface area contributed by atoms with Crippen molar-refractivity contribution in [3.63, 3.8) is 0 Å². The van der Waals surface area contributed by atoms with Crippen LogP contribution in [-0.2, 0) is 9.59 Å². The van der Waals surface area contributed by atoms with Crippen LogP contribution >= 0.6 is 0 Å². The summed E-state index contributed by atoms with van der Waals surface area (Å²) in [5.74, 6) is -1.25. The van der Waals surface area contributed by atoms with Crippen molar-refractivity contribution in [1.82, 2.24) is 0 Å². The topological polar surface area (TPSA) is 60.2 Å². The molecule has 0 aromatic heterocycles. The second kappa shape index (κ2) is 3.22. The molecule has 0 radical (unpaired) electrons. The molecule has 1 unspecified atom stereocenters. The molecule has 0 bridgehead atoms. The summed E-state index contributed by atoms with van der Waals surface area (Å²) in [6, 6.07) is 0. The lowest BCUT2D eigenvalue weighted by atomic mass is 10.0. The van der Waals surface area contributed by atoms with Gasteiger partial charge in [-0.15, -0.1) is 0 Å². The van der Waals surface area contributed by atoms with E-state index in [1.807, 2.05) is 0 Å². The fraction of sp³-hybridized carbons (Fsp3) is 0.667. The maximum Gasteiger partial charge on any atom is 0.227 e. The van der Waals surface area contributed by atoms with Gasteiger partial charge in [-0.1, -0.05) is 6.92 Å². The quantitative estimate of drug-likeness (QED) is 0.549. The maximum atomic E-state index is 10.5. The summed E-state index contributed by atoms with van der Waals surface area (Å²) in [5.41, 5.74) is 4.89. The molecule has 0 aromatic carbocycles. The predicted octanol–water partition coefficient (Wildman–Crippen LogP) is 0.0869. The molecular formula is C6H11NO2. The van der Waals surface area contributed by atoms with Crippen molar-refractivity contribution in [2.75, 3.05) is 0 Å². The van der Waals surface area contributed by atoms with Crippen molar-refractivity contribution in [2.24, 2.45) is 11.7 Å². The standard InChI is InChI=1S/C6H11NO2/c1-3-5(4(2)8)6(7)9/h5H,3H2,1-2H3,(H2,7,9). The first kappa shape index (κ1) is 8.14. The Morgan fingerprint density at radius 1 is 1.56 bits per heavy atom. The summed E-state index contributed by atoms with van der Waals surface area (Å²) in [6.45, 7) is 3.13. The lowest BCUT2D eigenvalue weighted by Crippen LogP contribution is -2.27. The number of carbonyl (C=O) groups excluding carboxylic acids is 2. The van der Waals surface area contributed by atoms with Crippen molar-refractivity contribution in [3.8, 4) is 0 Å². The Morgan fingerprint density at radius 3 is 2.00 bits per heavy atom. The fourth-order valence-corrected chi connectivity index (χ4v) is 0.689. The maximum absolute atomic E-state index is 10.5. The average Bonchev–Trinajstić information content (AvgIpc) is 1.64. The third kappa shape index (κ3) is 2.26. The van der Waals surface area contributed by atoms with E-state index in [1.54, 1.807) is 6.92 Å². The molecule has 3 nitrogen and oxygen atoms in total. The van der Waals surface area contributed by atoms with Gasteiger partial charge in [0.15, 0.2) is 0 Å². The molecule has 52 valence electrons. The van der Waals surface area contributed by atoms with Crippen LogP contribution in [0.5, 0.6) is 0 Å². The van der Waals surface area contributed by atoms with Gasteiger partial charge in [0, 0.05) is 0 Å². The Kier molecular flexibility index (Phi) is 2.91. The minimum atomic E-state index is -0.579. The molecule has 1 atom stereocenters. The number of ketones is 1. The van der Waals surface area contributed by atoms with Crippen LogP contribution in [0, 0.1) is 5.92 Å². The lowest BCUT2D eigenvalue weighted by molar-refractivity contribution is -0.131. The first-order chi connectivity index (χ1) is 4.09. The minimum Gasteiger partial charge on any atom is -0.369 e. The summed E-state index contributed by atoms with van der Waals surface area (Å²) in [6.07, 6.45) is 0.505. The van der Waals surface area contributed by atoms with Gasteiger partial charge in [-0.3, -0.25) is 9.59 Å². The van der Waals surface area contributed by atoms with E-state index in [1.165, 1.54) is 6.92 Å². The van der Waals surface area contributed by atoms with Gasteiger partial charge in [0.1, 0.15) is 5.78 Å². The highest BCUT2D eigenvalue weighted by Gasteiger charge is 2.16. The largest absolute Gasteiger partial charge is 0.369 e. The van der Waals surface area contributed by atoms with Crippen molar-refractivity contribution in [3.05, 3.63) is 0 Å². The van der Waals surface area contributed by atoms with Crippen LogP contribution < -0.4 is 5.73 Å². The number of Topliss-reactive ketones (excluding diaryl/α,β-unsaturated/α-hetero) is 1. The summed E-state index contributed by atoms with van der Waals surface area (Å²) >= 11 is 0. The van der Waals surface area contributed by atoms with Gasteiger partial charge in [-0.05, 0) is 13.3 Å². The second-order valence-corrected chi connectivity index (χ2v) is 1.97. The molecule has 0 fully saturated rings. The number of carbonyl (C=O) groups is 2. The zero-order valence-corrected chi connectivity index (χ0v) is 5.68. The molecule has 0 saturated heterocycles. The van der Waals surface area contributed by atoms with Crippen LogP contribution in [0.2, 0.25) is 0 Å². The Bertz CT molecular complexity index is 117. The van der Waals surface area contributed by atoms with E-state index in [0.29, 0.717) is 6.42 Å². The lowest BCUT2D eigenvalue weighted by Gasteiger charge is -2.03. The second-order valence-electron chi connectivity index (χ2n) is 1.97. The van der Waals surface area contributed by atoms with E-state index >= 15 is 0 Å². The molecule has 0 aliphatic carbocycles. The fourth-order valence-electron chi connectivity index (χ4n) is 0.689. The van der Waals surface area contributed by atoms with Gasteiger partial charge in [0.2, 0.25) is 5.91 Å². The molecule has 0 spiro atoms. The third-order valence-electron chi connectivity index (χ3n) is 1.24. The smallest absolute Gasteiger partial charge is 0.227 e. The number of amides is 1. The summed E-state index contributed by atoms with van der Waals surface area (Å²) in [4.78, 5) is 20.9. The number of rotatable bonds is 3. The number of hydrogen-bond donors (Lipinski definition) is 1. The van der Waals surface area contributed by atoms with Crippen LogP contribution in [0.25, 0.3) is 0 Å². The zero-order valence-electron chi connectivity index (χ0n) is 5.68. The van der Waals surface area contributed by atoms with Crippen LogP contribution in [0.15, 0.2) is 0 Å². The van der Waals surface area contributed by atoms with Crippen LogP contribution in [0.4, 0.5) is 0 Å². The molecule has 2 N–H and O–H groups in total. The average molecular weight is 129 g/mol. The minimum absolute atomic E-state index is 0.148. The number of hydrogen-bond acceptors (Lipinski definition) is 2. The van der Waals surface area contributed by atoms with E-state index in [9.17, 15) is 9.59 Å². The van der Waals surface area contributed by atoms with Crippen molar-refractivity contribution >= 4 is 11.7 Å². The van der Waals surface area contributed by atoms with E-state index < -0.39 is 11.8 Å². The summed E-state index contributed by atoms with van der Waals surface area (Å²) < 4.78 is 0. The molecule has 0 heterocycles. The Morgan fingerprint density at radius 2 is 2.00 bits per heavy atom. The van der Waals surface area contributed by atoms with Crippen LogP contribution in [0.3, 0.4) is 0 Å². The van der Waals surface area contributed by atoms with Gasteiger partial charge in [0.25, 0.3) is 0 Å². The third-order valence-corrected chi connectivity index (χ3v) is 1.24. The highest BCUT2D eigenvalue weighted by molar-refractivity contribution is 5.99. The van der Waals surface area contributed by atoms with Gasteiger partial charge in [-0.2, -0.15) is 0 Å². The Balaban J connectivity index is 3.99. The molecule has 9 heavy (non-hydrogen) atoms. The SMILES string of the molecule is CCC(C(C)=O)C(N)=O. The number of nitrogens with two attached hydrogens (primary N) is 1. The van der Waals surface area contributed by atoms with Gasteiger partial charge >= 0.3 is 0 Å². The van der Waals surface area contributed by atoms with Gasteiger partial charge in [-0.25, -0.2) is 0 Å². The van der Waals surface area contributed by atoms with E-state index in [2.05, 4.69) is 0 Å². The first-order valence-corrected chi connectivity index (χ1v) is 2.89. The van der Waals surface area contributed by atoms with Gasteiger partial charge < -0.3 is 5.73 Å². The van der Waals surface area contributed by atoms with Crippen LogP contribution in [0.1, 0.15) is 20.3 Å². The van der Waals surface area contributed by atoms with Crippen molar-refractivity contribution in [1.29, 1.82) is 0 Å². The molecule has 0 saturated carbocycles. The molecule has 1 amide bonds. The predicted molar refractivity (Wildman–Crippen MR) is 33.7 cm³/mol.